The summed E-state index contributed by atoms with van der Waals surface area (Å²) in [5.41, 5.74) is 5.26. The van der Waals surface area contributed by atoms with Gasteiger partial charge in [0.05, 0.1) is 12.1 Å². The molecule has 0 aromatic rings. The molecule has 0 bridgehead atoms. The molecule has 0 aliphatic heterocycles. The van der Waals surface area contributed by atoms with Gasteiger partial charge in [-0.15, -0.1) is 0 Å². The Morgan fingerprint density at radius 1 is 1.41 bits per heavy atom. The molecule has 0 radical (unpaired) electrons. The maximum atomic E-state index is 12.1. The summed E-state index contributed by atoms with van der Waals surface area (Å²) in [5.74, 6) is -0.219. The van der Waals surface area contributed by atoms with E-state index < -0.39 is 5.54 Å². The molecule has 5 nitrogen and oxygen atoms in total. The summed E-state index contributed by atoms with van der Waals surface area (Å²) >= 11 is 0. The van der Waals surface area contributed by atoms with Gasteiger partial charge in [-0.2, -0.15) is 0 Å². The van der Waals surface area contributed by atoms with Crippen molar-refractivity contribution >= 4 is 11.8 Å². The quantitative estimate of drug-likeness (QED) is 0.724. The second kappa shape index (κ2) is 5.49. The summed E-state index contributed by atoms with van der Waals surface area (Å²) < 4.78 is 0. The number of carbonyl (C=O) groups excluding carboxylic acids is 2. The molecule has 1 aliphatic carbocycles. The highest BCUT2D eigenvalue weighted by Gasteiger charge is 2.42. The molecule has 0 aromatic heterocycles. The number of nitrogens with one attached hydrogen (secondary N) is 1. The van der Waals surface area contributed by atoms with Gasteiger partial charge in [-0.05, 0) is 40.0 Å². The van der Waals surface area contributed by atoms with Crippen molar-refractivity contribution in [1.29, 1.82) is 0 Å². The molecular weight excluding hydrogens is 218 g/mol. The molecule has 0 saturated heterocycles. The fourth-order valence-corrected chi connectivity index (χ4v) is 1.95. The Morgan fingerprint density at radius 3 is 2.35 bits per heavy atom. The minimum Gasteiger partial charge on any atom is -0.352 e. The zero-order valence-corrected chi connectivity index (χ0v) is 11.0. The van der Waals surface area contributed by atoms with Crippen LogP contribution in [0.1, 0.15) is 40.0 Å². The van der Waals surface area contributed by atoms with Crippen LogP contribution in [0.5, 0.6) is 0 Å². The number of amides is 2. The first-order valence-corrected chi connectivity index (χ1v) is 6.26. The monoisotopic (exact) mass is 241 g/mol. The number of nitrogens with zero attached hydrogens (tertiary/aromatic N) is 1. The van der Waals surface area contributed by atoms with Gasteiger partial charge in [0.25, 0.3) is 0 Å². The molecule has 0 unspecified atom stereocenters. The van der Waals surface area contributed by atoms with E-state index in [-0.39, 0.29) is 24.4 Å². The maximum Gasteiger partial charge on any atom is 0.243 e. The molecule has 0 aromatic carbocycles. The highest BCUT2D eigenvalue weighted by atomic mass is 16.2. The van der Waals surface area contributed by atoms with Crippen molar-refractivity contribution in [3.8, 4) is 0 Å². The van der Waals surface area contributed by atoms with Crippen molar-refractivity contribution in [2.24, 2.45) is 5.73 Å². The molecule has 1 aliphatic rings. The standard InChI is InChI=1S/C12H23N3O2/c1-4-15(8-10(16)14-9(2)3)11(17)12(13)6-5-7-12/h9H,4-8,13H2,1-3H3,(H,14,16). The zero-order chi connectivity index (χ0) is 13.1. The molecular formula is C12H23N3O2. The van der Waals surface area contributed by atoms with E-state index >= 15 is 0 Å². The predicted molar refractivity (Wildman–Crippen MR) is 66.3 cm³/mol. The third-order valence-electron chi connectivity index (χ3n) is 3.12. The van der Waals surface area contributed by atoms with E-state index in [1.807, 2.05) is 20.8 Å². The summed E-state index contributed by atoms with van der Waals surface area (Å²) in [6.07, 6.45) is 2.46. The van der Waals surface area contributed by atoms with Crippen molar-refractivity contribution in [2.75, 3.05) is 13.1 Å². The van der Waals surface area contributed by atoms with E-state index in [2.05, 4.69) is 5.32 Å². The fourth-order valence-electron chi connectivity index (χ4n) is 1.95. The number of hydrogen-bond acceptors (Lipinski definition) is 3. The lowest BCUT2D eigenvalue weighted by Crippen LogP contribution is -2.60. The predicted octanol–water partition coefficient (Wildman–Crippen LogP) is 0.241. The van der Waals surface area contributed by atoms with E-state index in [0.29, 0.717) is 6.54 Å². The third-order valence-corrected chi connectivity index (χ3v) is 3.12. The molecule has 1 saturated carbocycles. The van der Waals surface area contributed by atoms with Gasteiger partial charge in [-0.3, -0.25) is 9.59 Å². The normalized spacial score (nSPS) is 17.5. The van der Waals surface area contributed by atoms with Crippen LogP contribution in [0.15, 0.2) is 0 Å². The van der Waals surface area contributed by atoms with Crippen LogP contribution in [0.4, 0.5) is 0 Å². The first kappa shape index (κ1) is 14.0. The highest BCUT2D eigenvalue weighted by Crippen LogP contribution is 2.30. The van der Waals surface area contributed by atoms with E-state index in [0.717, 1.165) is 19.3 Å². The van der Waals surface area contributed by atoms with Crippen molar-refractivity contribution < 1.29 is 9.59 Å². The van der Waals surface area contributed by atoms with Crippen LogP contribution in [0.25, 0.3) is 0 Å². The Hall–Kier alpha value is -1.10. The fraction of sp³-hybridized carbons (Fsp3) is 0.833. The minimum absolute atomic E-state index is 0.0897. The number of hydrogen-bond donors (Lipinski definition) is 2. The summed E-state index contributed by atoms with van der Waals surface area (Å²) in [4.78, 5) is 25.3. The Morgan fingerprint density at radius 2 is 2.00 bits per heavy atom. The van der Waals surface area contributed by atoms with Crippen molar-refractivity contribution in [2.45, 2.75) is 51.6 Å². The van der Waals surface area contributed by atoms with Crippen LogP contribution in [-0.2, 0) is 9.59 Å². The lowest BCUT2D eigenvalue weighted by Gasteiger charge is -2.40. The number of rotatable bonds is 5. The van der Waals surface area contributed by atoms with Crippen LogP contribution < -0.4 is 11.1 Å². The Kier molecular flexibility index (Phi) is 4.51. The van der Waals surface area contributed by atoms with Crippen molar-refractivity contribution in [3.05, 3.63) is 0 Å². The van der Waals surface area contributed by atoms with Gasteiger partial charge < -0.3 is 16.0 Å². The molecule has 1 fully saturated rings. The number of nitrogens with two attached hydrogens (primary N) is 1. The molecule has 2 amide bonds. The first-order valence-electron chi connectivity index (χ1n) is 6.26. The van der Waals surface area contributed by atoms with Gasteiger partial charge in [0.2, 0.25) is 11.8 Å². The second-order valence-electron chi connectivity index (χ2n) is 5.05. The van der Waals surface area contributed by atoms with Crippen LogP contribution >= 0.6 is 0 Å². The summed E-state index contributed by atoms with van der Waals surface area (Å²) in [6, 6.07) is 0.0897. The average Bonchev–Trinajstić information content (AvgIpc) is 2.20. The van der Waals surface area contributed by atoms with Crippen LogP contribution in [0.2, 0.25) is 0 Å². The van der Waals surface area contributed by atoms with Gasteiger partial charge in [0.15, 0.2) is 0 Å². The van der Waals surface area contributed by atoms with Gasteiger partial charge in [0.1, 0.15) is 0 Å². The average molecular weight is 241 g/mol. The SMILES string of the molecule is CCN(CC(=O)NC(C)C)C(=O)C1(N)CCC1. The second-order valence-corrected chi connectivity index (χ2v) is 5.05. The topological polar surface area (TPSA) is 75.4 Å². The van der Waals surface area contributed by atoms with Gasteiger partial charge in [0, 0.05) is 12.6 Å². The Bertz CT molecular complexity index is 298. The summed E-state index contributed by atoms with van der Waals surface area (Å²) in [7, 11) is 0. The molecule has 5 heteroatoms. The smallest absolute Gasteiger partial charge is 0.243 e. The van der Waals surface area contributed by atoms with E-state index in [1.165, 1.54) is 4.90 Å². The van der Waals surface area contributed by atoms with E-state index in [1.54, 1.807) is 0 Å². The summed E-state index contributed by atoms with van der Waals surface area (Å²) in [5, 5.41) is 2.78. The summed E-state index contributed by atoms with van der Waals surface area (Å²) in [6.45, 7) is 6.27. The van der Waals surface area contributed by atoms with Gasteiger partial charge in [-0.25, -0.2) is 0 Å². The third kappa shape index (κ3) is 3.43. The lowest BCUT2D eigenvalue weighted by molar-refractivity contribution is -0.143. The first-order chi connectivity index (χ1) is 7.89. The van der Waals surface area contributed by atoms with Crippen LogP contribution in [0, 0.1) is 0 Å². The molecule has 0 spiro atoms. The molecule has 1 rings (SSSR count). The van der Waals surface area contributed by atoms with E-state index in [4.69, 9.17) is 5.73 Å². The Balaban J connectivity index is 2.53. The Labute approximate surface area is 103 Å². The minimum atomic E-state index is -0.714. The van der Waals surface area contributed by atoms with E-state index in [9.17, 15) is 9.59 Å². The number of carbonyl (C=O) groups is 2. The maximum absolute atomic E-state index is 12.1. The van der Waals surface area contributed by atoms with Crippen molar-refractivity contribution in [1.82, 2.24) is 10.2 Å². The molecule has 17 heavy (non-hydrogen) atoms. The molecule has 98 valence electrons. The zero-order valence-electron chi connectivity index (χ0n) is 11.0. The molecule has 3 N–H and O–H groups in total. The van der Waals surface area contributed by atoms with Crippen molar-refractivity contribution in [3.63, 3.8) is 0 Å². The van der Waals surface area contributed by atoms with Crippen LogP contribution in [-0.4, -0.2) is 41.4 Å². The highest BCUT2D eigenvalue weighted by molar-refractivity contribution is 5.90. The largest absolute Gasteiger partial charge is 0.352 e. The van der Waals surface area contributed by atoms with Gasteiger partial charge in [-0.1, -0.05) is 0 Å². The van der Waals surface area contributed by atoms with Crippen LogP contribution in [0.3, 0.4) is 0 Å². The molecule has 0 atom stereocenters. The molecule has 0 heterocycles. The number of likely N-dealkylation sites (N-methyl/N-ethyl adjacent to an activating group) is 1. The lowest BCUT2D eigenvalue weighted by atomic mass is 9.76. The van der Waals surface area contributed by atoms with Gasteiger partial charge >= 0.3 is 0 Å².